The lowest BCUT2D eigenvalue weighted by Crippen LogP contribution is -2.23. The van der Waals surface area contributed by atoms with Gasteiger partial charge in [-0.3, -0.25) is 9.88 Å². The molecule has 0 aliphatic carbocycles. The van der Waals surface area contributed by atoms with Crippen molar-refractivity contribution in [3.05, 3.63) is 65.5 Å². The highest BCUT2D eigenvalue weighted by molar-refractivity contribution is 5.31. The fraction of sp³-hybridized carbons (Fsp3) is 0.235. The van der Waals surface area contributed by atoms with Crippen LogP contribution in [0.1, 0.15) is 23.1 Å². The summed E-state index contributed by atoms with van der Waals surface area (Å²) in [6, 6.07) is 15.8. The second kappa shape index (κ2) is 7.79. The van der Waals surface area contributed by atoms with Gasteiger partial charge < -0.3 is 0 Å². The fourth-order valence-electron chi connectivity index (χ4n) is 2.11. The Morgan fingerprint density at radius 3 is 2.38 bits per heavy atom. The third kappa shape index (κ3) is 4.72. The second-order valence-corrected chi connectivity index (χ2v) is 4.79. The third-order valence-corrected chi connectivity index (χ3v) is 3.16. The summed E-state index contributed by atoms with van der Waals surface area (Å²) in [6.07, 6.45) is 4.10. The SMILES string of the molecule is N#CCCN(Cc1ccc(C#N)cc1)Cc1cccnc1. The molecule has 0 radical (unpaired) electrons. The average molecular weight is 276 g/mol. The van der Waals surface area contributed by atoms with E-state index in [0.29, 0.717) is 18.5 Å². The van der Waals surface area contributed by atoms with E-state index in [1.54, 1.807) is 6.20 Å². The highest BCUT2D eigenvalue weighted by Gasteiger charge is 2.07. The third-order valence-electron chi connectivity index (χ3n) is 3.16. The van der Waals surface area contributed by atoms with Gasteiger partial charge in [0.15, 0.2) is 0 Å². The molecule has 0 fully saturated rings. The van der Waals surface area contributed by atoms with E-state index in [4.69, 9.17) is 10.5 Å². The summed E-state index contributed by atoms with van der Waals surface area (Å²) in [4.78, 5) is 6.33. The predicted molar refractivity (Wildman–Crippen MR) is 79.7 cm³/mol. The molecule has 0 saturated carbocycles. The first-order valence-corrected chi connectivity index (χ1v) is 6.79. The van der Waals surface area contributed by atoms with E-state index in [1.165, 1.54) is 0 Å². The number of nitrogens with zero attached hydrogens (tertiary/aromatic N) is 4. The molecule has 0 spiro atoms. The minimum Gasteiger partial charge on any atom is -0.294 e. The van der Waals surface area contributed by atoms with Gasteiger partial charge in [-0.2, -0.15) is 10.5 Å². The van der Waals surface area contributed by atoms with Crippen LogP contribution < -0.4 is 0 Å². The maximum atomic E-state index is 8.82. The van der Waals surface area contributed by atoms with Crippen LogP contribution in [0, 0.1) is 22.7 Å². The zero-order valence-corrected chi connectivity index (χ0v) is 11.7. The van der Waals surface area contributed by atoms with Crippen LogP contribution in [0.4, 0.5) is 0 Å². The van der Waals surface area contributed by atoms with Crippen molar-refractivity contribution in [1.29, 1.82) is 10.5 Å². The van der Waals surface area contributed by atoms with E-state index in [0.717, 1.165) is 24.2 Å². The summed E-state index contributed by atoms with van der Waals surface area (Å²) in [6.45, 7) is 2.23. The van der Waals surface area contributed by atoms with Gasteiger partial charge in [-0.05, 0) is 29.3 Å². The monoisotopic (exact) mass is 276 g/mol. The van der Waals surface area contributed by atoms with Gasteiger partial charge in [0.1, 0.15) is 0 Å². The van der Waals surface area contributed by atoms with Crippen molar-refractivity contribution in [2.75, 3.05) is 6.54 Å². The van der Waals surface area contributed by atoms with Crippen molar-refractivity contribution < 1.29 is 0 Å². The van der Waals surface area contributed by atoms with Gasteiger partial charge in [0.05, 0.1) is 17.7 Å². The van der Waals surface area contributed by atoms with Crippen molar-refractivity contribution in [3.63, 3.8) is 0 Å². The van der Waals surface area contributed by atoms with E-state index in [1.807, 2.05) is 42.6 Å². The molecule has 0 aliphatic rings. The molecule has 0 atom stereocenters. The molecule has 4 nitrogen and oxygen atoms in total. The normalized spacial score (nSPS) is 10.0. The lowest BCUT2D eigenvalue weighted by Gasteiger charge is -2.21. The standard InChI is InChI=1S/C17H16N4/c18-8-2-10-21(14-17-3-1-9-20-12-17)13-16-6-4-15(11-19)5-7-16/h1,3-7,9,12H,2,10,13-14H2. The van der Waals surface area contributed by atoms with E-state index in [-0.39, 0.29) is 0 Å². The van der Waals surface area contributed by atoms with Crippen LogP contribution in [-0.4, -0.2) is 16.4 Å². The van der Waals surface area contributed by atoms with Gasteiger partial charge in [0, 0.05) is 38.4 Å². The van der Waals surface area contributed by atoms with Crippen LogP contribution in [0.2, 0.25) is 0 Å². The Kier molecular flexibility index (Phi) is 5.46. The van der Waals surface area contributed by atoms with Crippen molar-refractivity contribution in [1.82, 2.24) is 9.88 Å². The largest absolute Gasteiger partial charge is 0.294 e. The van der Waals surface area contributed by atoms with Crippen molar-refractivity contribution in [2.24, 2.45) is 0 Å². The molecule has 0 N–H and O–H groups in total. The molecule has 0 unspecified atom stereocenters. The van der Waals surface area contributed by atoms with Gasteiger partial charge in [-0.25, -0.2) is 0 Å². The Morgan fingerprint density at radius 2 is 1.76 bits per heavy atom. The first-order chi connectivity index (χ1) is 10.3. The Morgan fingerprint density at radius 1 is 1.00 bits per heavy atom. The summed E-state index contributed by atoms with van der Waals surface area (Å²) in [5, 5.41) is 17.6. The van der Waals surface area contributed by atoms with Gasteiger partial charge in [-0.1, -0.05) is 18.2 Å². The fourth-order valence-corrected chi connectivity index (χ4v) is 2.11. The average Bonchev–Trinajstić information content (AvgIpc) is 2.54. The van der Waals surface area contributed by atoms with Crippen molar-refractivity contribution in [3.8, 4) is 12.1 Å². The highest BCUT2D eigenvalue weighted by Crippen LogP contribution is 2.11. The molecule has 104 valence electrons. The van der Waals surface area contributed by atoms with Crippen LogP contribution in [0.5, 0.6) is 0 Å². The molecule has 2 rings (SSSR count). The Labute approximate surface area is 124 Å². The first-order valence-electron chi connectivity index (χ1n) is 6.79. The summed E-state index contributed by atoms with van der Waals surface area (Å²) < 4.78 is 0. The molecule has 4 heteroatoms. The minimum atomic E-state index is 0.497. The molecule has 0 saturated heterocycles. The lowest BCUT2D eigenvalue weighted by atomic mass is 10.1. The molecule has 1 aromatic carbocycles. The Hall–Kier alpha value is -2.69. The zero-order chi connectivity index (χ0) is 14.9. The van der Waals surface area contributed by atoms with Gasteiger partial charge in [-0.15, -0.1) is 0 Å². The topological polar surface area (TPSA) is 63.7 Å². The summed E-state index contributed by atoms with van der Waals surface area (Å²) >= 11 is 0. The first kappa shape index (κ1) is 14.7. The zero-order valence-electron chi connectivity index (χ0n) is 11.7. The van der Waals surface area contributed by atoms with Gasteiger partial charge in [0.25, 0.3) is 0 Å². The van der Waals surface area contributed by atoms with Crippen LogP contribution >= 0.6 is 0 Å². The second-order valence-electron chi connectivity index (χ2n) is 4.79. The maximum Gasteiger partial charge on any atom is 0.0991 e. The van der Waals surface area contributed by atoms with E-state index in [9.17, 15) is 0 Å². The van der Waals surface area contributed by atoms with Crippen molar-refractivity contribution >= 4 is 0 Å². The van der Waals surface area contributed by atoms with E-state index < -0.39 is 0 Å². The molecule has 0 amide bonds. The minimum absolute atomic E-state index is 0.497. The smallest absolute Gasteiger partial charge is 0.0991 e. The number of pyridine rings is 1. The van der Waals surface area contributed by atoms with E-state index >= 15 is 0 Å². The molecule has 0 aliphatic heterocycles. The molecule has 21 heavy (non-hydrogen) atoms. The van der Waals surface area contributed by atoms with Crippen LogP contribution in [0.3, 0.4) is 0 Å². The maximum absolute atomic E-state index is 8.82. The highest BCUT2D eigenvalue weighted by atomic mass is 15.1. The summed E-state index contributed by atoms with van der Waals surface area (Å²) in [7, 11) is 0. The lowest BCUT2D eigenvalue weighted by molar-refractivity contribution is 0.262. The quantitative estimate of drug-likeness (QED) is 0.813. The molecule has 0 bridgehead atoms. The summed E-state index contributed by atoms with van der Waals surface area (Å²) in [5.41, 5.74) is 2.93. The Balaban J connectivity index is 2.05. The molecule has 1 heterocycles. The number of aromatic nitrogens is 1. The van der Waals surface area contributed by atoms with Crippen LogP contribution in [0.25, 0.3) is 0 Å². The molecular formula is C17H16N4. The summed E-state index contributed by atoms with van der Waals surface area (Å²) in [5.74, 6) is 0. The van der Waals surface area contributed by atoms with Crippen LogP contribution in [0.15, 0.2) is 48.8 Å². The number of hydrogen-bond donors (Lipinski definition) is 0. The molecule has 1 aromatic heterocycles. The van der Waals surface area contributed by atoms with Gasteiger partial charge >= 0.3 is 0 Å². The molecule has 2 aromatic rings. The van der Waals surface area contributed by atoms with Gasteiger partial charge in [0.2, 0.25) is 0 Å². The predicted octanol–water partition coefficient (Wildman–Crippen LogP) is 2.87. The van der Waals surface area contributed by atoms with Crippen LogP contribution in [-0.2, 0) is 13.1 Å². The number of rotatable bonds is 6. The van der Waals surface area contributed by atoms with Crippen molar-refractivity contribution in [2.45, 2.75) is 19.5 Å². The van der Waals surface area contributed by atoms with E-state index in [2.05, 4.69) is 22.0 Å². The molecular weight excluding hydrogens is 260 g/mol. The number of hydrogen-bond acceptors (Lipinski definition) is 4. The number of benzene rings is 1. The number of nitriles is 2. The Bertz CT molecular complexity index is 635.